The first-order valence-corrected chi connectivity index (χ1v) is 24.8. The van der Waals surface area contributed by atoms with Crippen molar-refractivity contribution in [3.63, 3.8) is 0 Å². The predicted octanol–water partition coefficient (Wildman–Crippen LogP) is 15.8. The molecule has 0 aliphatic heterocycles. The van der Waals surface area contributed by atoms with Gasteiger partial charge in [0.15, 0.2) is 6.10 Å². The van der Waals surface area contributed by atoms with E-state index >= 15 is 0 Å². The first-order chi connectivity index (χ1) is 27.3. The third kappa shape index (κ3) is 42.0. The van der Waals surface area contributed by atoms with Crippen LogP contribution >= 0.6 is 0 Å². The van der Waals surface area contributed by atoms with Crippen LogP contribution in [0.25, 0.3) is 0 Å². The molecule has 0 aromatic rings. The lowest BCUT2D eigenvalue weighted by molar-refractivity contribution is -0.167. The Morgan fingerprint density at radius 2 is 0.679 bits per heavy atom. The van der Waals surface area contributed by atoms with E-state index < -0.39 is 6.10 Å². The molecule has 6 nitrogen and oxygen atoms in total. The van der Waals surface area contributed by atoms with E-state index in [0.717, 1.165) is 69.6 Å². The summed E-state index contributed by atoms with van der Waals surface area (Å²) in [6.07, 6.45) is 42.4. The third-order valence-electron chi connectivity index (χ3n) is 11.6. The molecule has 1 unspecified atom stereocenters. The molecule has 0 N–H and O–H groups in total. The van der Waals surface area contributed by atoms with Crippen molar-refractivity contribution < 1.29 is 28.6 Å². The molecule has 0 heterocycles. The molecule has 0 saturated carbocycles. The van der Waals surface area contributed by atoms with Gasteiger partial charge in [0.25, 0.3) is 0 Å². The Labute approximate surface area is 348 Å². The number of carbonyl (C=O) groups is 3. The Bertz CT molecular complexity index is 856. The highest BCUT2D eigenvalue weighted by Gasteiger charge is 2.19. The average molecular weight is 793 g/mol. The van der Waals surface area contributed by atoms with E-state index in [4.69, 9.17) is 14.2 Å². The second kappa shape index (κ2) is 43.0. The highest BCUT2D eigenvalue weighted by molar-refractivity contribution is 5.71. The maximum atomic E-state index is 12.6. The maximum Gasteiger partial charge on any atom is 0.306 e. The molecule has 0 rings (SSSR count). The molecule has 0 spiro atoms. The van der Waals surface area contributed by atoms with Gasteiger partial charge in [0.1, 0.15) is 13.2 Å². The molecule has 2 atom stereocenters. The van der Waals surface area contributed by atoms with Crippen LogP contribution in [0.4, 0.5) is 0 Å². The summed E-state index contributed by atoms with van der Waals surface area (Å²) in [6.45, 7) is 11.4. The van der Waals surface area contributed by atoms with Gasteiger partial charge in [0.05, 0.1) is 0 Å². The number of carbonyl (C=O) groups excluding carboxylic acids is 3. The minimum Gasteiger partial charge on any atom is -0.462 e. The van der Waals surface area contributed by atoms with Crippen LogP contribution in [0.5, 0.6) is 0 Å². The molecule has 0 aliphatic carbocycles. The van der Waals surface area contributed by atoms with Gasteiger partial charge in [0.2, 0.25) is 0 Å². The fraction of sp³-hybridized carbons (Fsp3) is 0.940. The largest absolute Gasteiger partial charge is 0.462 e. The van der Waals surface area contributed by atoms with Crippen LogP contribution in [0.15, 0.2) is 0 Å². The Balaban J connectivity index is 4.19. The van der Waals surface area contributed by atoms with E-state index in [1.165, 1.54) is 161 Å². The zero-order valence-corrected chi connectivity index (χ0v) is 38.3. The standard InChI is InChI=1S/C50H96O6/c1-6-8-9-10-23-32-37-42-50(53)56-47(44-55-49(52)41-36-31-27-22-18-17-20-25-29-34-39-46(5)7-2)43-54-48(51)40-35-30-26-21-16-14-12-11-13-15-19-24-28-33-38-45(3)4/h45-47H,6-44H2,1-5H3/t46?,47-/m1/s1. The van der Waals surface area contributed by atoms with Crippen molar-refractivity contribution in [2.45, 2.75) is 278 Å². The molecule has 0 aromatic heterocycles. The molecule has 0 bridgehead atoms. The van der Waals surface area contributed by atoms with Gasteiger partial charge in [-0.05, 0) is 31.1 Å². The lowest BCUT2D eigenvalue weighted by Crippen LogP contribution is -2.30. The first-order valence-electron chi connectivity index (χ1n) is 24.8. The zero-order valence-electron chi connectivity index (χ0n) is 38.3. The van der Waals surface area contributed by atoms with Gasteiger partial charge in [-0.2, -0.15) is 0 Å². The van der Waals surface area contributed by atoms with Crippen LogP contribution in [0.3, 0.4) is 0 Å². The van der Waals surface area contributed by atoms with Crippen molar-refractivity contribution >= 4 is 17.9 Å². The van der Waals surface area contributed by atoms with E-state index in [9.17, 15) is 14.4 Å². The monoisotopic (exact) mass is 793 g/mol. The molecule has 0 aromatic carbocycles. The van der Waals surface area contributed by atoms with Crippen LogP contribution in [0, 0.1) is 11.8 Å². The summed E-state index contributed by atoms with van der Waals surface area (Å²) in [5.41, 5.74) is 0. The van der Waals surface area contributed by atoms with Gasteiger partial charge in [-0.1, -0.05) is 234 Å². The summed E-state index contributed by atoms with van der Waals surface area (Å²) in [4.78, 5) is 37.7. The summed E-state index contributed by atoms with van der Waals surface area (Å²) >= 11 is 0. The normalized spacial score (nSPS) is 12.5. The number of ether oxygens (including phenoxy) is 3. The minimum absolute atomic E-state index is 0.0646. The number of hydrogen-bond acceptors (Lipinski definition) is 6. The van der Waals surface area contributed by atoms with Gasteiger partial charge >= 0.3 is 17.9 Å². The van der Waals surface area contributed by atoms with Gasteiger partial charge in [0, 0.05) is 19.3 Å². The Morgan fingerprint density at radius 1 is 0.375 bits per heavy atom. The molecule has 0 fully saturated rings. The second-order valence-electron chi connectivity index (χ2n) is 17.8. The van der Waals surface area contributed by atoms with E-state index in [1.54, 1.807) is 0 Å². The summed E-state index contributed by atoms with van der Waals surface area (Å²) in [5, 5.41) is 0. The lowest BCUT2D eigenvalue weighted by Gasteiger charge is -2.18. The van der Waals surface area contributed by atoms with Crippen molar-refractivity contribution in [2.75, 3.05) is 13.2 Å². The van der Waals surface area contributed by atoms with Crippen molar-refractivity contribution in [1.82, 2.24) is 0 Å². The Morgan fingerprint density at radius 3 is 1.02 bits per heavy atom. The lowest BCUT2D eigenvalue weighted by atomic mass is 9.99. The SMILES string of the molecule is CCCCCCCCCC(=O)O[C@H](COC(=O)CCCCCCCCCCCCCCCCC(C)C)COC(=O)CCCCCCCCCCCCC(C)CC. The average Bonchev–Trinajstić information content (AvgIpc) is 3.18. The van der Waals surface area contributed by atoms with Gasteiger partial charge in [-0.3, -0.25) is 14.4 Å². The molecule has 0 radical (unpaired) electrons. The van der Waals surface area contributed by atoms with Crippen molar-refractivity contribution in [2.24, 2.45) is 11.8 Å². The Hall–Kier alpha value is -1.59. The van der Waals surface area contributed by atoms with E-state index in [-0.39, 0.29) is 31.1 Å². The van der Waals surface area contributed by atoms with Crippen LogP contribution in [0.1, 0.15) is 272 Å². The van der Waals surface area contributed by atoms with Crippen LogP contribution in [0.2, 0.25) is 0 Å². The molecule has 0 amide bonds. The Kier molecular flexibility index (Phi) is 41.8. The quantitative estimate of drug-likeness (QED) is 0.0347. The highest BCUT2D eigenvalue weighted by atomic mass is 16.6. The predicted molar refractivity (Wildman–Crippen MR) is 238 cm³/mol. The van der Waals surface area contributed by atoms with Gasteiger partial charge in [-0.15, -0.1) is 0 Å². The first kappa shape index (κ1) is 54.4. The van der Waals surface area contributed by atoms with E-state index in [2.05, 4.69) is 34.6 Å². The van der Waals surface area contributed by atoms with E-state index in [1.807, 2.05) is 0 Å². The van der Waals surface area contributed by atoms with Crippen molar-refractivity contribution in [3.8, 4) is 0 Å². The van der Waals surface area contributed by atoms with Gasteiger partial charge in [-0.25, -0.2) is 0 Å². The molecule has 0 aliphatic rings. The summed E-state index contributed by atoms with van der Waals surface area (Å²) in [7, 11) is 0. The smallest absolute Gasteiger partial charge is 0.306 e. The topological polar surface area (TPSA) is 78.9 Å². The fourth-order valence-electron chi connectivity index (χ4n) is 7.43. The molecule has 6 heteroatoms. The fourth-order valence-corrected chi connectivity index (χ4v) is 7.43. The summed E-state index contributed by atoms with van der Waals surface area (Å²) in [6, 6.07) is 0. The maximum absolute atomic E-state index is 12.6. The number of unbranched alkanes of at least 4 members (excludes halogenated alkanes) is 28. The van der Waals surface area contributed by atoms with Gasteiger partial charge < -0.3 is 14.2 Å². The molecule has 56 heavy (non-hydrogen) atoms. The molecule has 0 saturated heterocycles. The van der Waals surface area contributed by atoms with Crippen LogP contribution in [-0.2, 0) is 28.6 Å². The van der Waals surface area contributed by atoms with Crippen molar-refractivity contribution in [3.05, 3.63) is 0 Å². The van der Waals surface area contributed by atoms with E-state index in [0.29, 0.717) is 19.3 Å². The minimum atomic E-state index is -0.760. The number of esters is 3. The molecule has 332 valence electrons. The third-order valence-corrected chi connectivity index (χ3v) is 11.6. The van der Waals surface area contributed by atoms with Crippen LogP contribution < -0.4 is 0 Å². The number of hydrogen-bond donors (Lipinski definition) is 0. The second-order valence-corrected chi connectivity index (χ2v) is 17.8. The number of rotatable bonds is 44. The summed E-state index contributed by atoms with van der Waals surface area (Å²) < 4.78 is 16.7. The van der Waals surface area contributed by atoms with Crippen molar-refractivity contribution in [1.29, 1.82) is 0 Å². The summed E-state index contributed by atoms with van der Waals surface area (Å²) in [5.74, 6) is 0.856. The molecular weight excluding hydrogens is 697 g/mol. The van der Waals surface area contributed by atoms with Crippen LogP contribution in [-0.4, -0.2) is 37.2 Å². The zero-order chi connectivity index (χ0) is 41.2. The highest BCUT2D eigenvalue weighted by Crippen LogP contribution is 2.17. The molecular formula is C50H96O6.